The lowest BCUT2D eigenvalue weighted by molar-refractivity contribution is -0.145. The monoisotopic (exact) mass is 401 g/mol. The van der Waals surface area contributed by atoms with Crippen LogP contribution in [0.4, 0.5) is 0 Å². The number of fused-ring (bicyclic) bond motifs is 1. The van der Waals surface area contributed by atoms with E-state index in [0.717, 1.165) is 25.7 Å². The summed E-state index contributed by atoms with van der Waals surface area (Å²) in [5, 5.41) is 15.0. The minimum Gasteiger partial charge on any atom is -0.430 e. The Morgan fingerprint density at radius 3 is 2.45 bits per heavy atom. The van der Waals surface area contributed by atoms with Crippen LogP contribution in [0.1, 0.15) is 49.7 Å². The second kappa shape index (κ2) is 10.2. The Balaban J connectivity index is 1.58. The summed E-state index contributed by atoms with van der Waals surface area (Å²) in [6.45, 7) is 1.04. The molecular formula is C21H32BN3O4. The molecule has 8 heteroatoms. The molecule has 0 spiro atoms. The van der Waals surface area contributed by atoms with Gasteiger partial charge in [0, 0.05) is 6.54 Å². The molecule has 2 amide bonds. The molecule has 1 fully saturated rings. The second-order valence-corrected chi connectivity index (χ2v) is 8.23. The van der Waals surface area contributed by atoms with Crippen molar-refractivity contribution in [1.82, 2.24) is 10.6 Å². The molecule has 5 N–H and O–H groups in total. The lowest BCUT2D eigenvalue weighted by Gasteiger charge is -2.29. The van der Waals surface area contributed by atoms with Crippen molar-refractivity contribution >= 4 is 19.5 Å². The number of benzene rings is 1. The van der Waals surface area contributed by atoms with Gasteiger partial charge in [-0.15, -0.1) is 0 Å². The largest absolute Gasteiger partial charge is 0.436 e. The van der Waals surface area contributed by atoms with E-state index in [0.29, 0.717) is 44.7 Å². The maximum atomic E-state index is 13.1. The van der Waals surface area contributed by atoms with Gasteiger partial charge in [0.15, 0.2) is 0 Å². The molecule has 1 saturated carbocycles. The highest BCUT2D eigenvalue weighted by atomic mass is 16.5. The van der Waals surface area contributed by atoms with Crippen molar-refractivity contribution in [3.8, 4) is 0 Å². The first kappa shape index (κ1) is 21.8. The zero-order chi connectivity index (χ0) is 20.7. The lowest BCUT2D eigenvalue weighted by atomic mass is 9.83. The molecule has 0 unspecified atom stereocenters. The molecule has 0 bridgehead atoms. The normalized spacial score (nSPS) is 18.8. The minimum atomic E-state index is -1.05. The number of rotatable bonds is 10. The van der Waals surface area contributed by atoms with Gasteiger partial charge in [0.1, 0.15) is 11.6 Å². The number of nitrogens with one attached hydrogen (secondary N) is 2. The van der Waals surface area contributed by atoms with Crippen molar-refractivity contribution in [2.45, 2.75) is 57.6 Å². The average Bonchev–Trinajstić information content (AvgIpc) is 3.38. The zero-order valence-electron chi connectivity index (χ0n) is 17.0. The molecule has 2 aliphatic carbocycles. The Hall–Kier alpha value is -1.90. The third-order valence-corrected chi connectivity index (χ3v) is 6.25. The first-order valence-corrected chi connectivity index (χ1v) is 10.7. The standard InChI is InChI=1S/C21H32BN3O4/c23-11-5-8-18(29-22-28)25-20(27)21(9-3-4-10-21)19(26)24-14-15-12-16-6-1-2-7-17(16)13-15/h1-2,6-7,15,18,22,28H,3-5,8-14,23H2,(H,24,26)(H,25,27)/t18-/m1/s1. The Morgan fingerprint density at radius 2 is 1.86 bits per heavy atom. The Kier molecular flexibility index (Phi) is 7.69. The fraction of sp³-hybridized carbons (Fsp3) is 0.619. The number of carbonyl (C=O) groups excluding carboxylic acids is 2. The smallest absolute Gasteiger partial charge is 0.430 e. The van der Waals surface area contributed by atoms with Crippen LogP contribution in [-0.4, -0.2) is 43.8 Å². The topological polar surface area (TPSA) is 114 Å². The predicted octanol–water partition coefficient (Wildman–Crippen LogP) is 0.535. The molecule has 0 radical (unpaired) electrons. The van der Waals surface area contributed by atoms with Crippen LogP contribution >= 0.6 is 0 Å². The van der Waals surface area contributed by atoms with Crippen molar-refractivity contribution in [3.63, 3.8) is 0 Å². The highest BCUT2D eigenvalue weighted by Gasteiger charge is 2.48. The number of hydrogen-bond acceptors (Lipinski definition) is 5. The number of amides is 2. The van der Waals surface area contributed by atoms with Crippen LogP contribution in [-0.2, 0) is 27.1 Å². The van der Waals surface area contributed by atoms with E-state index in [9.17, 15) is 9.59 Å². The first-order valence-electron chi connectivity index (χ1n) is 10.7. The van der Waals surface area contributed by atoms with Crippen LogP contribution in [0.25, 0.3) is 0 Å². The molecular weight excluding hydrogens is 369 g/mol. The fourth-order valence-electron chi connectivity index (χ4n) is 4.61. The molecule has 1 aromatic carbocycles. The van der Waals surface area contributed by atoms with E-state index in [1.54, 1.807) is 0 Å². The molecule has 1 aromatic rings. The minimum absolute atomic E-state index is 0.190. The molecule has 0 heterocycles. The quantitative estimate of drug-likeness (QED) is 0.260. The predicted molar refractivity (Wildman–Crippen MR) is 112 cm³/mol. The summed E-state index contributed by atoms with van der Waals surface area (Å²) in [6.07, 6.45) is 5.23. The summed E-state index contributed by atoms with van der Waals surface area (Å²) in [5.74, 6) is -0.129. The first-order chi connectivity index (χ1) is 14.1. The van der Waals surface area contributed by atoms with Crippen LogP contribution in [0.15, 0.2) is 24.3 Å². The lowest BCUT2D eigenvalue weighted by Crippen LogP contribution is -2.53. The molecule has 29 heavy (non-hydrogen) atoms. The molecule has 7 nitrogen and oxygen atoms in total. The van der Waals surface area contributed by atoms with E-state index in [-0.39, 0.29) is 11.8 Å². The Bertz CT molecular complexity index is 684. The SMILES string of the molecule is NCCC[C@H](NC(=O)C1(C(=O)NCC2Cc3ccccc3C2)CCCC1)OBO. The molecule has 0 aromatic heterocycles. The molecule has 0 aliphatic heterocycles. The van der Waals surface area contributed by atoms with Gasteiger partial charge in [0.25, 0.3) is 0 Å². The molecule has 3 rings (SSSR count). The van der Waals surface area contributed by atoms with Gasteiger partial charge in [-0.25, -0.2) is 0 Å². The highest BCUT2D eigenvalue weighted by Crippen LogP contribution is 2.39. The Labute approximate surface area is 173 Å². The number of carbonyl (C=O) groups is 2. The number of hydrogen-bond donors (Lipinski definition) is 4. The zero-order valence-corrected chi connectivity index (χ0v) is 17.0. The average molecular weight is 401 g/mol. The molecule has 158 valence electrons. The third-order valence-electron chi connectivity index (χ3n) is 6.25. The molecule has 1 atom stereocenters. The maximum absolute atomic E-state index is 13.1. The van der Waals surface area contributed by atoms with E-state index >= 15 is 0 Å². The third kappa shape index (κ3) is 5.18. The highest BCUT2D eigenvalue weighted by molar-refractivity contribution is 6.16. The van der Waals surface area contributed by atoms with Crippen LogP contribution in [0.3, 0.4) is 0 Å². The summed E-state index contributed by atoms with van der Waals surface area (Å²) < 4.78 is 5.21. The van der Waals surface area contributed by atoms with Gasteiger partial charge in [0.2, 0.25) is 11.8 Å². The molecule has 2 aliphatic rings. The maximum Gasteiger partial charge on any atom is 0.436 e. The summed E-state index contributed by atoms with van der Waals surface area (Å²) in [6, 6.07) is 8.39. The van der Waals surface area contributed by atoms with Gasteiger partial charge in [-0.3, -0.25) is 9.59 Å². The summed E-state index contributed by atoms with van der Waals surface area (Å²) in [7, 11) is -0.489. The van der Waals surface area contributed by atoms with Crippen LogP contribution < -0.4 is 16.4 Å². The summed E-state index contributed by atoms with van der Waals surface area (Å²) in [4.78, 5) is 26.2. The van der Waals surface area contributed by atoms with Gasteiger partial charge >= 0.3 is 7.69 Å². The van der Waals surface area contributed by atoms with Crippen molar-refractivity contribution in [2.24, 2.45) is 17.1 Å². The fourth-order valence-corrected chi connectivity index (χ4v) is 4.61. The van der Waals surface area contributed by atoms with Gasteiger partial charge in [-0.2, -0.15) is 0 Å². The van der Waals surface area contributed by atoms with Crippen LogP contribution in [0, 0.1) is 11.3 Å². The van der Waals surface area contributed by atoms with Crippen LogP contribution in [0.5, 0.6) is 0 Å². The van der Waals surface area contributed by atoms with Crippen molar-refractivity contribution in [2.75, 3.05) is 13.1 Å². The van der Waals surface area contributed by atoms with Gasteiger partial charge in [-0.05, 0) is 62.1 Å². The Morgan fingerprint density at radius 1 is 1.21 bits per heavy atom. The van der Waals surface area contributed by atoms with Crippen LogP contribution in [0.2, 0.25) is 0 Å². The van der Waals surface area contributed by atoms with E-state index < -0.39 is 19.3 Å². The van der Waals surface area contributed by atoms with Gasteiger partial charge < -0.3 is 26.0 Å². The van der Waals surface area contributed by atoms with E-state index in [4.69, 9.17) is 15.4 Å². The summed E-state index contributed by atoms with van der Waals surface area (Å²) >= 11 is 0. The van der Waals surface area contributed by atoms with Gasteiger partial charge in [0.05, 0.1) is 0 Å². The van der Waals surface area contributed by atoms with Crippen molar-refractivity contribution in [3.05, 3.63) is 35.4 Å². The van der Waals surface area contributed by atoms with E-state index in [2.05, 4.69) is 22.8 Å². The number of nitrogens with two attached hydrogens (primary N) is 1. The second-order valence-electron chi connectivity index (χ2n) is 8.23. The van der Waals surface area contributed by atoms with E-state index in [1.807, 2.05) is 12.1 Å². The summed E-state index contributed by atoms with van der Waals surface area (Å²) in [5.41, 5.74) is 7.19. The van der Waals surface area contributed by atoms with E-state index in [1.165, 1.54) is 11.1 Å². The van der Waals surface area contributed by atoms with Crippen molar-refractivity contribution < 1.29 is 19.3 Å². The molecule has 0 saturated heterocycles. The van der Waals surface area contributed by atoms with Crippen molar-refractivity contribution in [1.29, 1.82) is 0 Å². The van der Waals surface area contributed by atoms with Gasteiger partial charge in [-0.1, -0.05) is 37.1 Å².